The number of nitriles is 1. The monoisotopic (exact) mass is 266 g/mol. The Morgan fingerprint density at radius 1 is 1.10 bits per heavy atom. The van der Waals surface area contributed by atoms with Crippen LogP contribution < -0.4 is 10.1 Å². The Morgan fingerprint density at radius 3 is 2.55 bits per heavy atom. The number of hydrogen-bond acceptors (Lipinski definition) is 3. The van der Waals surface area contributed by atoms with Crippen LogP contribution in [-0.4, -0.2) is 6.61 Å². The summed E-state index contributed by atoms with van der Waals surface area (Å²) in [7, 11) is 0. The molecule has 0 bridgehead atoms. The van der Waals surface area contributed by atoms with E-state index in [0.29, 0.717) is 0 Å². The van der Waals surface area contributed by atoms with Gasteiger partial charge in [0.05, 0.1) is 0 Å². The molecule has 0 aromatic heterocycles. The van der Waals surface area contributed by atoms with Crippen molar-refractivity contribution in [3.05, 3.63) is 59.2 Å². The van der Waals surface area contributed by atoms with Gasteiger partial charge in [0.2, 0.25) is 0 Å². The second-order valence-electron chi connectivity index (χ2n) is 4.69. The van der Waals surface area contributed by atoms with Gasteiger partial charge in [-0.1, -0.05) is 24.3 Å². The van der Waals surface area contributed by atoms with Crippen molar-refractivity contribution in [1.82, 2.24) is 0 Å². The molecule has 1 N–H and O–H groups in total. The molecule has 2 aromatic carbocycles. The first-order chi connectivity index (χ1) is 9.70. The Bertz CT molecular complexity index is 612. The van der Waals surface area contributed by atoms with E-state index >= 15 is 0 Å². The normalized spacial score (nSPS) is 9.85. The van der Waals surface area contributed by atoms with E-state index in [1.54, 1.807) is 0 Å². The first-order valence-corrected chi connectivity index (χ1v) is 6.59. The first kappa shape index (κ1) is 14.0. The smallest absolute Gasteiger partial charge is 0.174 e. The number of aryl methyl sites for hydroxylation is 1. The highest BCUT2D eigenvalue weighted by Gasteiger charge is 2.00. The third-order valence-electron chi connectivity index (χ3n) is 3.31. The SMILES string of the molecule is Cc1cccc(NCc2ccc(OCC#N)cc2)c1C. The van der Waals surface area contributed by atoms with Crippen molar-refractivity contribution >= 4 is 5.69 Å². The summed E-state index contributed by atoms with van der Waals surface area (Å²) in [6.45, 7) is 5.08. The molecule has 102 valence electrons. The largest absolute Gasteiger partial charge is 0.479 e. The van der Waals surface area contributed by atoms with Crippen molar-refractivity contribution in [1.29, 1.82) is 5.26 Å². The first-order valence-electron chi connectivity index (χ1n) is 6.59. The van der Waals surface area contributed by atoms with Gasteiger partial charge in [-0.15, -0.1) is 0 Å². The number of hydrogen-bond donors (Lipinski definition) is 1. The van der Waals surface area contributed by atoms with Crippen LogP contribution in [-0.2, 0) is 6.54 Å². The molecule has 20 heavy (non-hydrogen) atoms. The van der Waals surface area contributed by atoms with E-state index in [0.717, 1.165) is 18.0 Å². The third kappa shape index (κ3) is 3.52. The predicted molar refractivity (Wildman–Crippen MR) is 80.8 cm³/mol. The van der Waals surface area contributed by atoms with Gasteiger partial charge in [0.25, 0.3) is 0 Å². The number of anilines is 1. The van der Waals surface area contributed by atoms with Gasteiger partial charge in [0.15, 0.2) is 6.61 Å². The molecule has 3 nitrogen and oxygen atoms in total. The van der Waals surface area contributed by atoms with Crippen LogP contribution in [0.25, 0.3) is 0 Å². The fourth-order valence-electron chi connectivity index (χ4n) is 1.96. The molecule has 0 amide bonds. The van der Waals surface area contributed by atoms with Crippen LogP contribution in [0.5, 0.6) is 5.75 Å². The molecule has 0 fully saturated rings. The topological polar surface area (TPSA) is 45.0 Å². The van der Waals surface area contributed by atoms with Crippen molar-refractivity contribution in [3.8, 4) is 11.8 Å². The highest BCUT2D eigenvalue weighted by molar-refractivity contribution is 5.53. The summed E-state index contributed by atoms with van der Waals surface area (Å²) in [5, 5.41) is 11.9. The van der Waals surface area contributed by atoms with E-state index in [9.17, 15) is 0 Å². The fraction of sp³-hybridized carbons (Fsp3) is 0.235. The van der Waals surface area contributed by atoms with Gasteiger partial charge < -0.3 is 10.1 Å². The van der Waals surface area contributed by atoms with Crippen LogP contribution in [0.1, 0.15) is 16.7 Å². The number of nitrogens with zero attached hydrogens (tertiary/aromatic N) is 1. The van der Waals surface area contributed by atoms with Crippen LogP contribution in [0.4, 0.5) is 5.69 Å². The Balaban J connectivity index is 1.97. The van der Waals surface area contributed by atoms with Crippen LogP contribution in [0, 0.1) is 25.2 Å². The molecule has 0 atom stereocenters. The summed E-state index contributed by atoms with van der Waals surface area (Å²) in [4.78, 5) is 0. The maximum atomic E-state index is 8.46. The average molecular weight is 266 g/mol. The summed E-state index contributed by atoms with van der Waals surface area (Å²) in [6.07, 6.45) is 0. The molecular weight excluding hydrogens is 248 g/mol. The van der Waals surface area contributed by atoms with Gasteiger partial charge in [-0.05, 0) is 48.7 Å². The van der Waals surface area contributed by atoms with E-state index in [4.69, 9.17) is 10.00 Å². The minimum Gasteiger partial charge on any atom is -0.479 e. The Hall–Kier alpha value is -2.47. The van der Waals surface area contributed by atoms with Crippen LogP contribution in [0.15, 0.2) is 42.5 Å². The van der Waals surface area contributed by atoms with E-state index < -0.39 is 0 Å². The summed E-state index contributed by atoms with van der Waals surface area (Å²) in [5.41, 5.74) is 4.90. The highest BCUT2D eigenvalue weighted by atomic mass is 16.5. The molecule has 3 heteroatoms. The summed E-state index contributed by atoms with van der Waals surface area (Å²) < 4.78 is 5.23. The minimum atomic E-state index is 0.0834. The van der Waals surface area contributed by atoms with Gasteiger partial charge in [0, 0.05) is 12.2 Å². The van der Waals surface area contributed by atoms with E-state index in [-0.39, 0.29) is 6.61 Å². The molecule has 0 aliphatic heterocycles. The van der Waals surface area contributed by atoms with E-state index in [1.807, 2.05) is 30.3 Å². The summed E-state index contributed by atoms with van der Waals surface area (Å²) in [5.74, 6) is 0.724. The molecule has 2 aromatic rings. The minimum absolute atomic E-state index is 0.0834. The molecule has 0 saturated carbocycles. The van der Waals surface area contributed by atoms with Gasteiger partial charge in [-0.25, -0.2) is 0 Å². The maximum absolute atomic E-state index is 8.46. The second kappa shape index (κ2) is 6.63. The van der Waals surface area contributed by atoms with E-state index in [1.165, 1.54) is 16.7 Å². The molecule has 2 rings (SSSR count). The molecule has 0 saturated heterocycles. The third-order valence-corrected chi connectivity index (χ3v) is 3.31. The standard InChI is InChI=1S/C17H18N2O/c1-13-4-3-5-17(14(13)2)19-12-15-6-8-16(9-7-15)20-11-10-18/h3-9,19H,11-12H2,1-2H3. The van der Waals surface area contributed by atoms with Crippen LogP contribution >= 0.6 is 0 Å². The maximum Gasteiger partial charge on any atom is 0.174 e. The molecule has 0 heterocycles. The second-order valence-corrected chi connectivity index (χ2v) is 4.69. The molecular formula is C17H18N2O. The Labute approximate surface area is 119 Å². The van der Waals surface area contributed by atoms with Gasteiger partial charge in [-0.2, -0.15) is 5.26 Å². The zero-order valence-electron chi connectivity index (χ0n) is 11.8. The van der Waals surface area contributed by atoms with Crippen molar-refractivity contribution in [3.63, 3.8) is 0 Å². The van der Waals surface area contributed by atoms with Gasteiger partial charge in [-0.3, -0.25) is 0 Å². The number of rotatable bonds is 5. The lowest BCUT2D eigenvalue weighted by Crippen LogP contribution is -2.02. The molecule has 0 unspecified atom stereocenters. The average Bonchev–Trinajstić information content (AvgIpc) is 2.48. The molecule has 0 aliphatic rings. The Kier molecular flexibility index (Phi) is 4.62. The summed E-state index contributed by atoms with van der Waals surface area (Å²) >= 11 is 0. The van der Waals surface area contributed by atoms with E-state index in [2.05, 4.69) is 37.4 Å². The number of nitrogens with one attached hydrogen (secondary N) is 1. The van der Waals surface area contributed by atoms with Gasteiger partial charge in [0.1, 0.15) is 11.8 Å². The summed E-state index contributed by atoms with van der Waals surface area (Å²) in [6, 6.07) is 16.0. The van der Waals surface area contributed by atoms with Crippen LogP contribution in [0.3, 0.4) is 0 Å². The zero-order valence-corrected chi connectivity index (χ0v) is 11.8. The van der Waals surface area contributed by atoms with Gasteiger partial charge >= 0.3 is 0 Å². The lowest BCUT2D eigenvalue weighted by Gasteiger charge is -2.11. The number of ether oxygens (including phenoxy) is 1. The quantitative estimate of drug-likeness (QED) is 0.894. The fourth-order valence-corrected chi connectivity index (χ4v) is 1.96. The lowest BCUT2D eigenvalue weighted by molar-refractivity contribution is 0.368. The Morgan fingerprint density at radius 2 is 1.85 bits per heavy atom. The van der Waals surface area contributed by atoms with Crippen molar-refractivity contribution in [2.45, 2.75) is 20.4 Å². The molecule has 0 spiro atoms. The zero-order chi connectivity index (χ0) is 14.4. The van der Waals surface area contributed by atoms with Crippen molar-refractivity contribution < 1.29 is 4.74 Å². The van der Waals surface area contributed by atoms with Crippen LogP contribution in [0.2, 0.25) is 0 Å². The lowest BCUT2D eigenvalue weighted by atomic mass is 10.1. The molecule has 0 radical (unpaired) electrons. The molecule has 0 aliphatic carbocycles. The predicted octanol–water partition coefficient (Wildman–Crippen LogP) is 3.82. The van der Waals surface area contributed by atoms with Crippen molar-refractivity contribution in [2.24, 2.45) is 0 Å². The number of benzene rings is 2. The van der Waals surface area contributed by atoms with Crippen molar-refractivity contribution in [2.75, 3.05) is 11.9 Å². The highest BCUT2D eigenvalue weighted by Crippen LogP contribution is 2.19.